The maximum Gasteiger partial charge on any atom is 0.387 e. The molecular formula is C24H28F2N6O3. The van der Waals surface area contributed by atoms with Gasteiger partial charge in [-0.15, -0.1) is 0 Å². The zero-order valence-electron chi connectivity index (χ0n) is 19.6. The Morgan fingerprint density at radius 1 is 1.20 bits per heavy atom. The number of benzene rings is 1. The van der Waals surface area contributed by atoms with Crippen molar-refractivity contribution in [1.29, 1.82) is 0 Å². The van der Waals surface area contributed by atoms with E-state index in [-0.39, 0.29) is 29.8 Å². The highest BCUT2D eigenvalue weighted by atomic mass is 19.3. The summed E-state index contributed by atoms with van der Waals surface area (Å²) in [7, 11) is 0. The monoisotopic (exact) mass is 486 g/mol. The van der Waals surface area contributed by atoms with E-state index in [0.29, 0.717) is 36.3 Å². The van der Waals surface area contributed by atoms with Crippen molar-refractivity contribution in [2.75, 3.05) is 5.32 Å². The number of nitrogens with one attached hydrogen (secondary N) is 2. The molecular weight excluding hydrogens is 458 g/mol. The van der Waals surface area contributed by atoms with Crippen molar-refractivity contribution in [2.45, 2.75) is 70.8 Å². The lowest BCUT2D eigenvalue weighted by atomic mass is 9.91. The number of alkyl halides is 2. The number of carbonyl (C=O) groups excluding carboxylic acids is 1. The number of carbonyl (C=O) groups is 1. The Bertz CT molecular complexity index is 1180. The van der Waals surface area contributed by atoms with E-state index in [1.54, 1.807) is 29.2 Å². The molecule has 35 heavy (non-hydrogen) atoms. The van der Waals surface area contributed by atoms with Gasteiger partial charge in [0.1, 0.15) is 5.75 Å². The van der Waals surface area contributed by atoms with Gasteiger partial charge >= 0.3 is 6.61 Å². The molecule has 0 aliphatic heterocycles. The summed E-state index contributed by atoms with van der Waals surface area (Å²) in [6.07, 6.45) is 6.19. The third-order valence-corrected chi connectivity index (χ3v) is 6.36. The Balaban J connectivity index is 1.56. The second-order valence-corrected chi connectivity index (χ2v) is 8.64. The van der Waals surface area contributed by atoms with Crippen LogP contribution in [0.25, 0.3) is 11.0 Å². The van der Waals surface area contributed by atoms with Crippen molar-refractivity contribution in [2.24, 2.45) is 5.18 Å². The van der Waals surface area contributed by atoms with Gasteiger partial charge in [-0.25, -0.2) is 9.67 Å². The van der Waals surface area contributed by atoms with E-state index in [1.807, 2.05) is 13.8 Å². The molecule has 0 spiro atoms. The van der Waals surface area contributed by atoms with Crippen LogP contribution in [0, 0.1) is 4.91 Å². The number of hydrogen-bond acceptors (Lipinski definition) is 7. The number of nitroso groups, excluding NO2 is 1. The molecule has 0 bridgehead atoms. The van der Waals surface area contributed by atoms with Gasteiger partial charge in [0.05, 0.1) is 34.9 Å². The second-order valence-electron chi connectivity index (χ2n) is 8.64. The Morgan fingerprint density at radius 2 is 1.91 bits per heavy atom. The van der Waals surface area contributed by atoms with Gasteiger partial charge in [-0.1, -0.05) is 17.3 Å². The summed E-state index contributed by atoms with van der Waals surface area (Å²) in [5.41, 5.74) is 2.45. The fourth-order valence-corrected chi connectivity index (χ4v) is 4.41. The van der Waals surface area contributed by atoms with Crippen molar-refractivity contribution >= 4 is 22.6 Å². The van der Waals surface area contributed by atoms with Gasteiger partial charge in [0.2, 0.25) is 0 Å². The summed E-state index contributed by atoms with van der Waals surface area (Å²) < 4.78 is 31.0. The van der Waals surface area contributed by atoms with Crippen LogP contribution in [0.15, 0.2) is 41.8 Å². The highest BCUT2D eigenvalue weighted by molar-refractivity contribution is 6.06. The van der Waals surface area contributed by atoms with Gasteiger partial charge in [0, 0.05) is 18.8 Å². The highest BCUT2D eigenvalue weighted by Gasteiger charge is 2.25. The first-order valence-electron chi connectivity index (χ1n) is 11.7. The smallest absolute Gasteiger partial charge is 0.387 e. The molecule has 1 amide bonds. The van der Waals surface area contributed by atoms with E-state index in [2.05, 4.69) is 30.6 Å². The van der Waals surface area contributed by atoms with E-state index in [9.17, 15) is 18.5 Å². The number of rotatable bonds is 9. The molecule has 0 saturated heterocycles. The summed E-state index contributed by atoms with van der Waals surface area (Å²) in [4.78, 5) is 28.7. The molecule has 4 rings (SSSR count). The van der Waals surface area contributed by atoms with Crippen LogP contribution in [-0.4, -0.2) is 39.4 Å². The van der Waals surface area contributed by atoms with Crippen LogP contribution in [0.1, 0.15) is 61.5 Å². The number of aromatic nitrogens is 3. The van der Waals surface area contributed by atoms with Crippen LogP contribution >= 0.6 is 0 Å². The van der Waals surface area contributed by atoms with E-state index in [1.165, 1.54) is 12.1 Å². The Kier molecular flexibility index (Phi) is 7.52. The van der Waals surface area contributed by atoms with E-state index < -0.39 is 6.61 Å². The maximum atomic E-state index is 13.3. The summed E-state index contributed by atoms with van der Waals surface area (Å²) in [6, 6.07) is 5.69. The molecule has 1 unspecified atom stereocenters. The number of anilines is 1. The van der Waals surface area contributed by atoms with Crippen LogP contribution in [0.5, 0.6) is 5.75 Å². The van der Waals surface area contributed by atoms with Gasteiger partial charge < -0.3 is 15.4 Å². The molecule has 186 valence electrons. The fraction of sp³-hybridized carbons (Fsp3) is 0.458. The molecule has 9 nitrogen and oxygen atoms in total. The number of halogens is 2. The van der Waals surface area contributed by atoms with Gasteiger partial charge in [-0.05, 0) is 57.2 Å². The van der Waals surface area contributed by atoms with Crippen LogP contribution in [0.3, 0.4) is 0 Å². The zero-order valence-corrected chi connectivity index (χ0v) is 19.6. The van der Waals surface area contributed by atoms with Crippen LogP contribution in [-0.2, 0) is 6.54 Å². The number of hydrogen-bond donors (Lipinski definition) is 2. The van der Waals surface area contributed by atoms with Crippen molar-refractivity contribution in [3.8, 4) is 5.75 Å². The Morgan fingerprint density at radius 3 is 2.54 bits per heavy atom. The molecule has 3 aromatic rings. The lowest BCUT2D eigenvalue weighted by Gasteiger charge is -2.27. The summed E-state index contributed by atoms with van der Waals surface area (Å²) >= 11 is 0. The number of fused-ring (bicyclic) bond motifs is 1. The molecule has 1 aliphatic carbocycles. The number of pyridine rings is 1. The molecule has 0 radical (unpaired) electrons. The molecule has 2 heterocycles. The average Bonchev–Trinajstić information content (AvgIpc) is 3.28. The first-order valence-corrected chi connectivity index (χ1v) is 11.7. The number of ether oxygens (including phenoxy) is 1. The molecule has 2 aromatic heterocycles. The minimum absolute atomic E-state index is 0.0517. The largest absolute Gasteiger partial charge is 0.435 e. The molecule has 1 atom stereocenters. The van der Waals surface area contributed by atoms with Gasteiger partial charge in [0.25, 0.3) is 5.91 Å². The molecule has 1 aromatic carbocycles. The molecule has 1 fully saturated rings. The predicted octanol–water partition coefficient (Wildman–Crippen LogP) is 5.03. The molecule has 2 N–H and O–H groups in total. The standard InChI is InChI=1S/C24H28F2N6O3/c1-3-32-22-19(13-28-32)21(30-16-6-8-17(31-34)9-7-16)20(12-27-22)23(33)29-14(2)15-4-10-18(11-5-15)35-24(25)26/h4-5,10-14,16-17,24H,3,6-9H2,1-2H3,(H,27,30)(H,29,33). The minimum atomic E-state index is -2.90. The fourth-order valence-electron chi connectivity index (χ4n) is 4.41. The van der Waals surface area contributed by atoms with Gasteiger partial charge in [-0.3, -0.25) is 4.79 Å². The predicted molar refractivity (Wildman–Crippen MR) is 128 cm³/mol. The minimum Gasteiger partial charge on any atom is -0.435 e. The third kappa shape index (κ3) is 5.55. The van der Waals surface area contributed by atoms with E-state index >= 15 is 0 Å². The molecule has 1 saturated carbocycles. The third-order valence-electron chi connectivity index (χ3n) is 6.36. The zero-order chi connectivity index (χ0) is 24.9. The van der Waals surface area contributed by atoms with Crippen molar-refractivity contribution in [3.05, 3.63) is 52.7 Å². The lowest BCUT2D eigenvalue weighted by Crippen LogP contribution is -2.31. The number of nitrogens with zero attached hydrogens (tertiary/aromatic N) is 4. The summed E-state index contributed by atoms with van der Waals surface area (Å²) in [5.74, 6) is -0.273. The average molecular weight is 487 g/mol. The SMILES string of the molecule is CCn1ncc2c(NC3CCC(N=O)CC3)c(C(=O)NC(C)c3ccc(OC(F)F)cc3)cnc21. The van der Waals surface area contributed by atoms with E-state index in [0.717, 1.165) is 23.8 Å². The Labute approximate surface area is 201 Å². The first kappa shape index (κ1) is 24.5. The van der Waals surface area contributed by atoms with Gasteiger partial charge in [0.15, 0.2) is 5.65 Å². The quantitative estimate of drug-likeness (QED) is 0.410. The topological polar surface area (TPSA) is 110 Å². The summed E-state index contributed by atoms with van der Waals surface area (Å²) in [6.45, 7) is 1.52. The number of aryl methyl sites for hydroxylation is 1. The molecule has 11 heteroatoms. The van der Waals surface area contributed by atoms with Crippen molar-refractivity contribution in [3.63, 3.8) is 0 Å². The van der Waals surface area contributed by atoms with Gasteiger partial charge in [-0.2, -0.15) is 18.8 Å². The maximum absolute atomic E-state index is 13.3. The second kappa shape index (κ2) is 10.7. The Hall–Kier alpha value is -3.63. The van der Waals surface area contributed by atoms with Crippen molar-refractivity contribution < 1.29 is 18.3 Å². The van der Waals surface area contributed by atoms with Crippen LogP contribution < -0.4 is 15.4 Å². The normalized spacial score (nSPS) is 18.9. The summed E-state index contributed by atoms with van der Waals surface area (Å²) in [5, 5.41) is 14.8. The van der Waals surface area contributed by atoms with Crippen molar-refractivity contribution in [1.82, 2.24) is 20.1 Å². The van der Waals surface area contributed by atoms with Crippen LogP contribution in [0.2, 0.25) is 0 Å². The highest BCUT2D eigenvalue weighted by Crippen LogP contribution is 2.31. The van der Waals surface area contributed by atoms with Crippen LogP contribution in [0.4, 0.5) is 14.5 Å². The first-order chi connectivity index (χ1) is 16.9. The van der Waals surface area contributed by atoms with E-state index in [4.69, 9.17) is 0 Å². The molecule has 1 aliphatic rings. The number of amides is 1. The lowest BCUT2D eigenvalue weighted by molar-refractivity contribution is -0.0498.